The number of hydrogen-bond acceptors (Lipinski definition) is 3. The minimum atomic E-state index is 0.257. The lowest BCUT2D eigenvalue weighted by Crippen LogP contribution is -2.42. The van der Waals surface area contributed by atoms with Gasteiger partial charge in [-0.1, -0.05) is 13.0 Å². The summed E-state index contributed by atoms with van der Waals surface area (Å²) >= 11 is 1.84. The Kier molecular flexibility index (Phi) is 5.63. The zero-order chi connectivity index (χ0) is 12.9. The predicted molar refractivity (Wildman–Crippen MR) is 77.7 cm³/mol. The van der Waals surface area contributed by atoms with Crippen LogP contribution in [0.2, 0.25) is 0 Å². The summed E-state index contributed by atoms with van der Waals surface area (Å²) in [5, 5.41) is 5.75. The van der Waals surface area contributed by atoms with E-state index in [0.717, 1.165) is 19.5 Å². The van der Waals surface area contributed by atoms with Gasteiger partial charge in [-0.15, -0.1) is 11.3 Å². The van der Waals surface area contributed by atoms with Crippen molar-refractivity contribution in [1.82, 2.24) is 10.2 Å². The largest absolute Gasteiger partial charge is 0.311 e. The molecule has 1 atom stereocenters. The lowest BCUT2D eigenvalue weighted by Gasteiger charge is -2.28. The molecule has 0 saturated heterocycles. The van der Waals surface area contributed by atoms with Crippen LogP contribution in [-0.4, -0.2) is 30.6 Å². The average molecular weight is 254 g/mol. The van der Waals surface area contributed by atoms with Gasteiger partial charge < -0.3 is 5.32 Å². The molecule has 0 saturated carbocycles. The maximum atomic E-state index is 3.60. The predicted octanol–water partition coefficient (Wildman–Crippen LogP) is 3.52. The monoisotopic (exact) mass is 254 g/mol. The van der Waals surface area contributed by atoms with E-state index in [1.54, 1.807) is 0 Å². The summed E-state index contributed by atoms with van der Waals surface area (Å²) in [5.41, 5.74) is 0.257. The van der Waals surface area contributed by atoms with Crippen LogP contribution < -0.4 is 5.32 Å². The first-order valence-corrected chi connectivity index (χ1v) is 7.33. The Hall–Kier alpha value is -0.380. The highest BCUT2D eigenvalue weighted by molar-refractivity contribution is 7.10. The first kappa shape index (κ1) is 14.7. The molecule has 0 aromatic carbocycles. The van der Waals surface area contributed by atoms with E-state index in [1.807, 2.05) is 11.3 Å². The van der Waals surface area contributed by atoms with E-state index in [2.05, 4.69) is 62.5 Å². The second-order valence-electron chi connectivity index (χ2n) is 5.34. The Morgan fingerprint density at radius 2 is 2.18 bits per heavy atom. The molecular weight excluding hydrogens is 228 g/mol. The zero-order valence-electron chi connectivity index (χ0n) is 11.8. The summed E-state index contributed by atoms with van der Waals surface area (Å²) in [6.45, 7) is 11.2. The second-order valence-corrected chi connectivity index (χ2v) is 6.32. The maximum absolute atomic E-state index is 3.60. The zero-order valence-corrected chi connectivity index (χ0v) is 12.6. The van der Waals surface area contributed by atoms with Crippen molar-refractivity contribution in [3.63, 3.8) is 0 Å². The van der Waals surface area contributed by atoms with Gasteiger partial charge in [-0.05, 0) is 45.7 Å². The van der Waals surface area contributed by atoms with Gasteiger partial charge in [0.25, 0.3) is 0 Å². The van der Waals surface area contributed by atoms with Crippen molar-refractivity contribution < 1.29 is 0 Å². The van der Waals surface area contributed by atoms with Gasteiger partial charge in [0.05, 0.1) is 0 Å². The fraction of sp³-hybridized carbons (Fsp3) is 0.714. The molecule has 3 heteroatoms. The third kappa shape index (κ3) is 4.78. The first-order valence-electron chi connectivity index (χ1n) is 6.45. The van der Waals surface area contributed by atoms with Gasteiger partial charge in [0.2, 0.25) is 0 Å². The van der Waals surface area contributed by atoms with Gasteiger partial charge in [-0.3, -0.25) is 4.90 Å². The molecule has 0 spiro atoms. The standard InChI is InChI=1S/C14H26N2S/c1-6-14(3,4)15-9-10-16(5)12(2)13-8-7-11-17-13/h7-8,11-12,15H,6,9-10H2,1-5H3. The molecule has 0 aliphatic heterocycles. The molecule has 2 nitrogen and oxygen atoms in total. The topological polar surface area (TPSA) is 15.3 Å². The van der Waals surface area contributed by atoms with Crippen LogP contribution in [0, 0.1) is 0 Å². The highest BCUT2D eigenvalue weighted by atomic mass is 32.1. The number of hydrogen-bond donors (Lipinski definition) is 1. The van der Waals surface area contributed by atoms with Crippen LogP contribution in [0.25, 0.3) is 0 Å². The minimum Gasteiger partial charge on any atom is -0.311 e. The van der Waals surface area contributed by atoms with E-state index in [1.165, 1.54) is 4.88 Å². The molecule has 17 heavy (non-hydrogen) atoms. The molecular formula is C14H26N2S. The van der Waals surface area contributed by atoms with Gasteiger partial charge >= 0.3 is 0 Å². The number of rotatable bonds is 7. The van der Waals surface area contributed by atoms with Crippen molar-refractivity contribution in [1.29, 1.82) is 0 Å². The number of nitrogens with one attached hydrogen (secondary N) is 1. The molecule has 0 radical (unpaired) electrons. The molecule has 1 N–H and O–H groups in total. The molecule has 1 unspecified atom stereocenters. The fourth-order valence-corrected chi connectivity index (χ4v) is 2.48. The summed E-state index contributed by atoms with van der Waals surface area (Å²) in [4.78, 5) is 3.85. The van der Waals surface area contributed by atoms with E-state index in [4.69, 9.17) is 0 Å². The normalized spacial score (nSPS) is 14.2. The molecule has 0 bridgehead atoms. The van der Waals surface area contributed by atoms with Crippen LogP contribution in [0.4, 0.5) is 0 Å². The Balaban J connectivity index is 2.32. The van der Waals surface area contributed by atoms with Crippen molar-refractivity contribution in [2.24, 2.45) is 0 Å². The Labute approximate surface area is 110 Å². The summed E-state index contributed by atoms with van der Waals surface area (Å²) in [7, 11) is 2.20. The van der Waals surface area contributed by atoms with Crippen LogP contribution in [0.3, 0.4) is 0 Å². The smallest absolute Gasteiger partial charge is 0.0410 e. The van der Waals surface area contributed by atoms with Crippen molar-refractivity contribution >= 4 is 11.3 Å². The second kappa shape index (κ2) is 6.53. The number of likely N-dealkylation sites (N-methyl/N-ethyl adjacent to an activating group) is 1. The molecule has 0 aliphatic rings. The molecule has 0 amide bonds. The molecule has 98 valence electrons. The number of thiophene rings is 1. The van der Waals surface area contributed by atoms with E-state index < -0.39 is 0 Å². The van der Waals surface area contributed by atoms with Crippen molar-refractivity contribution in [2.45, 2.75) is 45.7 Å². The van der Waals surface area contributed by atoms with Crippen molar-refractivity contribution in [2.75, 3.05) is 20.1 Å². The van der Waals surface area contributed by atoms with Crippen LogP contribution in [0.15, 0.2) is 17.5 Å². The Morgan fingerprint density at radius 3 is 2.71 bits per heavy atom. The fourth-order valence-electron chi connectivity index (χ4n) is 1.64. The van der Waals surface area contributed by atoms with E-state index in [-0.39, 0.29) is 5.54 Å². The van der Waals surface area contributed by atoms with E-state index >= 15 is 0 Å². The lowest BCUT2D eigenvalue weighted by molar-refractivity contribution is 0.248. The molecule has 1 aromatic rings. The van der Waals surface area contributed by atoms with Crippen LogP contribution in [0.5, 0.6) is 0 Å². The highest BCUT2D eigenvalue weighted by Crippen LogP contribution is 2.22. The van der Waals surface area contributed by atoms with Crippen LogP contribution in [0.1, 0.15) is 45.0 Å². The first-order chi connectivity index (χ1) is 7.96. The Morgan fingerprint density at radius 1 is 1.47 bits per heavy atom. The summed E-state index contributed by atoms with van der Waals surface area (Å²) in [6.07, 6.45) is 1.16. The minimum absolute atomic E-state index is 0.257. The molecule has 1 rings (SSSR count). The molecule has 1 aromatic heterocycles. The molecule has 0 fully saturated rings. The third-order valence-corrected chi connectivity index (χ3v) is 4.61. The lowest BCUT2D eigenvalue weighted by atomic mass is 10.0. The van der Waals surface area contributed by atoms with Crippen LogP contribution in [-0.2, 0) is 0 Å². The quantitative estimate of drug-likeness (QED) is 0.801. The van der Waals surface area contributed by atoms with Crippen molar-refractivity contribution in [3.05, 3.63) is 22.4 Å². The summed E-state index contributed by atoms with van der Waals surface area (Å²) < 4.78 is 0. The van der Waals surface area contributed by atoms with Gasteiger partial charge in [0, 0.05) is 29.5 Å². The number of nitrogens with zero attached hydrogens (tertiary/aromatic N) is 1. The summed E-state index contributed by atoms with van der Waals surface area (Å²) in [6, 6.07) is 4.86. The SMILES string of the molecule is CCC(C)(C)NCCN(C)C(C)c1cccs1. The van der Waals surface area contributed by atoms with Crippen molar-refractivity contribution in [3.8, 4) is 0 Å². The Bertz CT molecular complexity index is 306. The van der Waals surface area contributed by atoms with Crippen LogP contribution >= 0.6 is 11.3 Å². The molecule has 1 heterocycles. The average Bonchev–Trinajstić information content (AvgIpc) is 2.81. The van der Waals surface area contributed by atoms with Gasteiger partial charge in [0.1, 0.15) is 0 Å². The maximum Gasteiger partial charge on any atom is 0.0410 e. The highest BCUT2D eigenvalue weighted by Gasteiger charge is 2.15. The van der Waals surface area contributed by atoms with E-state index in [0.29, 0.717) is 6.04 Å². The van der Waals surface area contributed by atoms with Gasteiger partial charge in [0.15, 0.2) is 0 Å². The van der Waals surface area contributed by atoms with Gasteiger partial charge in [-0.2, -0.15) is 0 Å². The molecule has 0 aliphatic carbocycles. The third-order valence-electron chi connectivity index (χ3n) is 3.57. The van der Waals surface area contributed by atoms with Gasteiger partial charge in [-0.25, -0.2) is 0 Å². The van der Waals surface area contributed by atoms with E-state index in [9.17, 15) is 0 Å². The summed E-state index contributed by atoms with van der Waals surface area (Å²) in [5.74, 6) is 0.